The molecule has 2 saturated heterocycles. The topological polar surface area (TPSA) is 113 Å². The van der Waals surface area contributed by atoms with Gasteiger partial charge in [0, 0.05) is 26.2 Å². The first kappa shape index (κ1) is 24.1. The van der Waals surface area contributed by atoms with Gasteiger partial charge in [-0.2, -0.15) is 4.31 Å². The minimum Gasteiger partial charge on any atom is -0.368 e. The molecule has 2 aliphatic rings. The van der Waals surface area contributed by atoms with E-state index in [1.807, 2.05) is 6.92 Å². The molecule has 0 unspecified atom stereocenters. The lowest BCUT2D eigenvalue weighted by Crippen LogP contribution is -2.41. The minimum absolute atomic E-state index is 0.101. The van der Waals surface area contributed by atoms with Gasteiger partial charge in [0.1, 0.15) is 11.5 Å². The fourth-order valence-corrected chi connectivity index (χ4v) is 6.52. The Balaban J connectivity index is 1.62. The number of aryl methyl sites for hydroxylation is 1. The molecule has 174 valence electrons. The van der Waals surface area contributed by atoms with Crippen molar-refractivity contribution in [3.05, 3.63) is 23.8 Å². The lowest BCUT2D eigenvalue weighted by Gasteiger charge is -2.30. The number of sulfonamides is 2. The summed E-state index contributed by atoms with van der Waals surface area (Å²) < 4.78 is 58.0. The Bertz CT molecular complexity index is 996. The average Bonchev–Trinajstić information content (AvgIpc) is 2.74. The van der Waals surface area contributed by atoms with E-state index in [0.717, 1.165) is 24.8 Å². The molecule has 11 heteroatoms. The molecule has 1 N–H and O–H groups in total. The summed E-state index contributed by atoms with van der Waals surface area (Å²) in [6, 6.07) is 4.95. The number of piperidine rings is 2. The molecule has 0 spiro atoms. The molecule has 0 bridgehead atoms. The number of rotatable bonds is 7. The second-order valence-electron chi connectivity index (χ2n) is 8.18. The van der Waals surface area contributed by atoms with Crippen LogP contribution < -0.4 is 5.32 Å². The highest BCUT2D eigenvalue weighted by molar-refractivity contribution is 7.89. The normalized spacial score (nSPS) is 19.9. The number of benzene rings is 1. The van der Waals surface area contributed by atoms with Gasteiger partial charge < -0.3 is 10.1 Å². The molecule has 3 rings (SSSR count). The molecule has 2 heterocycles. The number of amides is 1. The SMILES string of the molecule is Cc1ccc(NC(=O)COC2CCN(S(C)(=O)=O)CC2)c(S(=O)(=O)N2CCCCC2)c1. The van der Waals surface area contributed by atoms with Gasteiger partial charge >= 0.3 is 0 Å². The summed E-state index contributed by atoms with van der Waals surface area (Å²) in [5.74, 6) is -0.440. The van der Waals surface area contributed by atoms with Crippen molar-refractivity contribution in [3.63, 3.8) is 0 Å². The van der Waals surface area contributed by atoms with Crippen molar-refractivity contribution >= 4 is 31.6 Å². The largest absolute Gasteiger partial charge is 0.368 e. The Morgan fingerprint density at radius 1 is 1.03 bits per heavy atom. The number of ether oxygens (including phenoxy) is 1. The quantitative estimate of drug-likeness (QED) is 0.643. The highest BCUT2D eigenvalue weighted by Crippen LogP contribution is 2.28. The molecule has 9 nitrogen and oxygen atoms in total. The maximum Gasteiger partial charge on any atom is 0.250 e. The van der Waals surface area contributed by atoms with Gasteiger partial charge in [-0.3, -0.25) is 4.79 Å². The monoisotopic (exact) mass is 473 g/mol. The Hall–Kier alpha value is -1.53. The van der Waals surface area contributed by atoms with Gasteiger partial charge in [-0.25, -0.2) is 21.1 Å². The van der Waals surface area contributed by atoms with Crippen LogP contribution in [-0.4, -0.2) is 76.5 Å². The number of carbonyl (C=O) groups is 1. The van der Waals surface area contributed by atoms with E-state index in [-0.39, 0.29) is 23.3 Å². The summed E-state index contributed by atoms with van der Waals surface area (Å²) in [5.41, 5.74) is 1.04. The number of hydrogen-bond donors (Lipinski definition) is 1. The average molecular weight is 474 g/mol. The van der Waals surface area contributed by atoms with E-state index in [0.29, 0.717) is 39.0 Å². The molecule has 0 saturated carbocycles. The van der Waals surface area contributed by atoms with Crippen molar-refractivity contribution < 1.29 is 26.4 Å². The third kappa shape index (κ3) is 6.26. The molecule has 1 amide bonds. The van der Waals surface area contributed by atoms with Crippen LogP contribution in [0.3, 0.4) is 0 Å². The van der Waals surface area contributed by atoms with Gasteiger partial charge in [0.25, 0.3) is 0 Å². The lowest BCUT2D eigenvalue weighted by molar-refractivity contribution is -0.123. The standard InChI is InChI=1S/C20H31N3O6S2/c1-16-6-7-18(19(14-16)31(27,28)23-10-4-3-5-11-23)21-20(24)15-29-17-8-12-22(13-9-17)30(2,25)26/h6-7,14,17H,3-5,8-13,15H2,1-2H3,(H,21,24). The molecule has 31 heavy (non-hydrogen) atoms. The Kier molecular flexibility index (Phi) is 7.74. The van der Waals surface area contributed by atoms with Crippen LogP contribution in [0.15, 0.2) is 23.1 Å². The van der Waals surface area contributed by atoms with Crippen molar-refractivity contribution in [3.8, 4) is 0 Å². The van der Waals surface area contributed by atoms with Crippen LogP contribution in [-0.2, 0) is 29.6 Å². The van der Waals surface area contributed by atoms with E-state index in [1.54, 1.807) is 18.2 Å². The zero-order chi connectivity index (χ0) is 22.6. The number of nitrogens with zero attached hydrogens (tertiary/aromatic N) is 2. The highest BCUT2D eigenvalue weighted by atomic mass is 32.2. The van der Waals surface area contributed by atoms with Gasteiger partial charge in [-0.15, -0.1) is 0 Å². The molecule has 0 atom stereocenters. The third-order valence-corrected chi connectivity index (χ3v) is 8.91. The van der Waals surface area contributed by atoms with Crippen LogP contribution in [0.4, 0.5) is 5.69 Å². The van der Waals surface area contributed by atoms with E-state index < -0.39 is 26.0 Å². The molecule has 2 fully saturated rings. The summed E-state index contributed by atoms with van der Waals surface area (Å²) in [4.78, 5) is 12.6. The Labute approximate surface area is 184 Å². The summed E-state index contributed by atoms with van der Waals surface area (Å²) >= 11 is 0. The van der Waals surface area contributed by atoms with Gasteiger partial charge in [-0.1, -0.05) is 12.5 Å². The second kappa shape index (κ2) is 9.95. The summed E-state index contributed by atoms with van der Waals surface area (Å²) in [6.45, 7) is 3.29. The Morgan fingerprint density at radius 2 is 1.68 bits per heavy atom. The molecule has 0 radical (unpaired) electrons. The van der Waals surface area contributed by atoms with Gasteiger partial charge in [0.15, 0.2) is 0 Å². The number of anilines is 1. The first-order chi connectivity index (χ1) is 14.6. The van der Waals surface area contributed by atoms with E-state index in [4.69, 9.17) is 4.74 Å². The van der Waals surface area contributed by atoms with E-state index >= 15 is 0 Å². The van der Waals surface area contributed by atoms with Crippen LogP contribution in [0, 0.1) is 6.92 Å². The first-order valence-electron chi connectivity index (χ1n) is 10.5. The van der Waals surface area contributed by atoms with Crippen molar-refractivity contribution in [1.29, 1.82) is 0 Å². The van der Waals surface area contributed by atoms with Crippen LogP contribution in [0.2, 0.25) is 0 Å². The molecule has 1 aromatic carbocycles. The van der Waals surface area contributed by atoms with Crippen molar-refractivity contribution in [2.75, 3.05) is 44.4 Å². The van der Waals surface area contributed by atoms with Crippen molar-refractivity contribution in [1.82, 2.24) is 8.61 Å². The van der Waals surface area contributed by atoms with Crippen LogP contribution in [0.1, 0.15) is 37.7 Å². The fraction of sp³-hybridized carbons (Fsp3) is 0.650. The smallest absolute Gasteiger partial charge is 0.250 e. The molecule has 2 aliphatic heterocycles. The number of carbonyl (C=O) groups excluding carboxylic acids is 1. The minimum atomic E-state index is -3.70. The maximum atomic E-state index is 13.1. The van der Waals surface area contributed by atoms with Crippen molar-refractivity contribution in [2.45, 2.75) is 50.0 Å². The van der Waals surface area contributed by atoms with Gasteiger partial charge in [-0.05, 0) is 50.3 Å². The molecule has 1 aromatic rings. The summed E-state index contributed by atoms with van der Waals surface area (Å²) in [6.07, 6.45) is 4.68. The summed E-state index contributed by atoms with van der Waals surface area (Å²) in [7, 11) is -6.92. The number of hydrogen-bond acceptors (Lipinski definition) is 6. The fourth-order valence-electron chi connectivity index (χ4n) is 3.90. The number of nitrogens with one attached hydrogen (secondary N) is 1. The van der Waals surface area contributed by atoms with E-state index in [1.165, 1.54) is 14.9 Å². The molecule has 0 aromatic heterocycles. The zero-order valence-electron chi connectivity index (χ0n) is 18.0. The summed E-state index contributed by atoms with van der Waals surface area (Å²) in [5, 5.41) is 2.68. The van der Waals surface area contributed by atoms with Crippen LogP contribution in [0.25, 0.3) is 0 Å². The zero-order valence-corrected chi connectivity index (χ0v) is 19.7. The van der Waals surface area contributed by atoms with Gasteiger partial charge in [0.05, 0.1) is 18.0 Å². The van der Waals surface area contributed by atoms with Crippen molar-refractivity contribution in [2.24, 2.45) is 0 Å². The van der Waals surface area contributed by atoms with Crippen LogP contribution >= 0.6 is 0 Å². The molecule has 0 aliphatic carbocycles. The van der Waals surface area contributed by atoms with Gasteiger partial charge in [0.2, 0.25) is 26.0 Å². The lowest BCUT2D eigenvalue weighted by atomic mass is 10.1. The predicted molar refractivity (Wildman–Crippen MR) is 118 cm³/mol. The molecular weight excluding hydrogens is 442 g/mol. The molecular formula is C20H31N3O6S2. The predicted octanol–water partition coefficient (Wildman–Crippen LogP) is 1.55. The second-order valence-corrected chi connectivity index (χ2v) is 12.1. The third-order valence-electron chi connectivity index (χ3n) is 5.66. The Morgan fingerprint density at radius 3 is 2.29 bits per heavy atom. The van der Waals surface area contributed by atoms with E-state index in [9.17, 15) is 21.6 Å². The highest BCUT2D eigenvalue weighted by Gasteiger charge is 2.29. The van der Waals surface area contributed by atoms with Crippen LogP contribution in [0.5, 0.6) is 0 Å². The van der Waals surface area contributed by atoms with E-state index in [2.05, 4.69) is 5.32 Å². The first-order valence-corrected chi connectivity index (χ1v) is 13.8. The maximum absolute atomic E-state index is 13.1.